The fourth-order valence-corrected chi connectivity index (χ4v) is 4.84. The molecule has 37 heavy (non-hydrogen) atoms. The van der Waals surface area contributed by atoms with Crippen LogP contribution in [0, 0.1) is 17.2 Å². The van der Waals surface area contributed by atoms with Crippen molar-refractivity contribution < 1.29 is 23.5 Å². The van der Waals surface area contributed by atoms with E-state index in [9.17, 15) is 19.6 Å². The zero-order valence-corrected chi connectivity index (χ0v) is 20.5. The molecule has 1 saturated heterocycles. The molecule has 2 N–H and O–H groups in total. The average Bonchev–Trinajstić information content (AvgIpc) is 3.28. The van der Waals surface area contributed by atoms with Gasteiger partial charge in [-0.25, -0.2) is 9.97 Å². The van der Waals surface area contributed by atoms with Gasteiger partial charge in [0.05, 0.1) is 11.6 Å². The molecule has 3 aromatic rings. The highest BCUT2D eigenvalue weighted by molar-refractivity contribution is 6.30. The van der Waals surface area contributed by atoms with E-state index < -0.39 is 5.91 Å². The van der Waals surface area contributed by atoms with Gasteiger partial charge < -0.3 is 24.7 Å². The molecule has 1 aliphatic heterocycles. The first-order valence-electron chi connectivity index (χ1n) is 11.9. The maximum Gasteiger partial charge on any atom is 0.294 e. The number of hydrogen-bond donors (Lipinski definition) is 2. The number of rotatable bonds is 5. The van der Waals surface area contributed by atoms with Crippen molar-refractivity contribution in [3.63, 3.8) is 0 Å². The van der Waals surface area contributed by atoms with Crippen molar-refractivity contribution in [2.24, 2.45) is 5.92 Å². The van der Waals surface area contributed by atoms with Crippen LogP contribution in [0.5, 0.6) is 0 Å². The van der Waals surface area contributed by atoms with E-state index in [2.05, 4.69) is 20.6 Å². The van der Waals surface area contributed by atoms with Gasteiger partial charge in [-0.2, -0.15) is 5.26 Å². The van der Waals surface area contributed by atoms with Gasteiger partial charge in [0, 0.05) is 24.7 Å². The number of ether oxygens (including phenoxy) is 1. The molecule has 2 aliphatic rings. The van der Waals surface area contributed by atoms with Gasteiger partial charge in [0.25, 0.3) is 5.91 Å². The molecule has 1 saturated carbocycles. The van der Waals surface area contributed by atoms with Gasteiger partial charge in [-0.1, -0.05) is 11.6 Å². The largest absolute Gasteiger partial charge is 0.447 e. The molecule has 2 fully saturated rings. The molecule has 0 aromatic carbocycles. The third kappa shape index (κ3) is 5.26. The Morgan fingerprint density at radius 3 is 2.65 bits per heavy atom. The fraction of sp³-hybridized carbons (Fsp3) is 0.360. The summed E-state index contributed by atoms with van der Waals surface area (Å²) in [5.74, 6) is -1.17. The lowest BCUT2D eigenvalue weighted by Crippen LogP contribution is -2.49. The number of nitriles is 1. The first-order chi connectivity index (χ1) is 17.9. The molecule has 3 amide bonds. The Morgan fingerprint density at radius 1 is 1.14 bits per heavy atom. The van der Waals surface area contributed by atoms with Gasteiger partial charge >= 0.3 is 0 Å². The number of nitrogens with zero attached hydrogens (tertiary/aromatic N) is 4. The highest BCUT2D eigenvalue weighted by atomic mass is 35.5. The van der Waals surface area contributed by atoms with Crippen LogP contribution < -0.4 is 10.6 Å². The number of amides is 3. The number of carbonyl (C=O) groups is 3. The number of hydrogen-bond acceptors (Lipinski definition) is 8. The summed E-state index contributed by atoms with van der Waals surface area (Å²) in [6.07, 6.45) is 3.96. The van der Waals surface area contributed by atoms with Crippen molar-refractivity contribution in [1.82, 2.24) is 14.9 Å². The van der Waals surface area contributed by atoms with Crippen molar-refractivity contribution in [3.8, 4) is 6.07 Å². The van der Waals surface area contributed by atoms with Crippen LogP contribution in [0.4, 0.5) is 11.5 Å². The quantitative estimate of drug-likeness (QED) is 0.517. The predicted octanol–water partition coefficient (Wildman–Crippen LogP) is 3.36. The van der Waals surface area contributed by atoms with Gasteiger partial charge in [0.15, 0.2) is 5.58 Å². The number of anilines is 2. The fourth-order valence-electron chi connectivity index (χ4n) is 4.73. The van der Waals surface area contributed by atoms with Gasteiger partial charge in [0.2, 0.25) is 17.6 Å². The molecular weight excluding hydrogens is 500 g/mol. The van der Waals surface area contributed by atoms with Crippen LogP contribution in [0.15, 0.2) is 34.9 Å². The second-order valence-corrected chi connectivity index (χ2v) is 9.35. The number of pyridine rings is 2. The zero-order valence-electron chi connectivity index (χ0n) is 19.7. The summed E-state index contributed by atoms with van der Waals surface area (Å²) in [7, 11) is 0. The van der Waals surface area contributed by atoms with Crippen LogP contribution in [0.2, 0.25) is 5.02 Å². The standard InChI is InChI=1S/C25H23ClN6O5/c26-15-3-8-19(28-12-15)30-25(35)23-22(21-18(37-23)7-4-16(11-27)29-21)31-24(34)14-1-5-17(6-2-14)32-9-10-36-13-20(32)33/h3-4,7-8,12,14,17H,1-2,5-6,9-10,13H2,(H,31,34)(H,28,30,35)/t14-,17-. The minimum absolute atomic E-state index is 0.0192. The summed E-state index contributed by atoms with van der Waals surface area (Å²) >= 11 is 5.86. The van der Waals surface area contributed by atoms with Crippen LogP contribution in [-0.4, -0.2) is 58.4 Å². The number of fused-ring (bicyclic) bond motifs is 1. The molecule has 11 nitrogen and oxygen atoms in total. The van der Waals surface area contributed by atoms with Crippen molar-refractivity contribution in [3.05, 3.63) is 46.9 Å². The molecule has 5 rings (SSSR count). The number of halogens is 1. The van der Waals surface area contributed by atoms with Crippen molar-refractivity contribution in [2.45, 2.75) is 31.7 Å². The lowest BCUT2D eigenvalue weighted by Gasteiger charge is -2.38. The molecule has 0 spiro atoms. The summed E-state index contributed by atoms with van der Waals surface area (Å²) in [6.45, 7) is 1.19. The predicted molar refractivity (Wildman–Crippen MR) is 133 cm³/mol. The Morgan fingerprint density at radius 2 is 1.95 bits per heavy atom. The van der Waals surface area contributed by atoms with Crippen molar-refractivity contribution in [2.75, 3.05) is 30.4 Å². The lowest BCUT2D eigenvalue weighted by molar-refractivity contribution is -0.146. The molecule has 3 aromatic heterocycles. The van der Waals surface area contributed by atoms with E-state index in [1.165, 1.54) is 24.4 Å². The number of morpholine rings is 1. The number of furan rings is 1. The summed E-state index contributed by atoms with van der Waals surface area (Å²) in [5, 5.41) is 15.2. The minimum atomic E-state index is -0.642. The number of nitrogens with one attached hydrogen (secondary N) is 2. The maximum atomic E-state index is 13.3. The van der Waals surface area contributed by atoms with E-state index >= 15 is 0 Å². The average molecular weight is 523 g/mol. The molecule has 4 heterocycles. The highest BCUT2D eigenvalue weighted by Gasteiger charge is 2.34. The number of carbonyl (C=O) groups excluding carboxylic acids is 3. The van der Waals surface area contributed by atoms with E-state index in [1.807, 2.05) is 11.0 Å². The molecular formula is C25H23ClN6O5. The Hall–Kier alpha value is -4.01. The topological polar surface area (TPSA) is 150 Å². The molecule has 0 atom stereocenters. The second-order valence-electron chi connectivity index (χ2n) is 8.91. The van der Waals surface area contributed by atoms with Crippen LogP contribution in [-0.2, 0) is 14.3 Å². The van der Waals surface area contributed by atoms with Crippen LogP contribution in [0.25, 0.3) is 11.1 Å². The summed E-state index contributed by atoms with van der Waals surface area (Å²) < 4.78 is 11.0. The summed E-state index contributed by atoms with van der Waals surface area (Å²) in [5.41, 5.74) is 0.659. The Balaban J connectivity index is 1.35. The van der Waals surface area contributed by atoms with Crippen LogP contribution >= 0.6 is 11.6 Å². The lowest BCUT2D eigenvalue weighted by atomic mass is 9.84. The van der Waals surface area contributed by atoms with E-state index in [4.69, 9.17) is 20.8 Å². The van der Waals surface area contributed by atoms with Crippen LogP contribution in [0.1, 0.15) is 41.9 Å². The van der Waals surface area contributed by atoms with Gasteiger partial charge in [-0.3, -0.25) is 14.4 Å². The van der Waals surface area contributed by atoms with Crippen molar-refractivity contribution >= 4 is 51.9 Å². The first-order valence-corrected chi connectivity index (χ1v) is 12.3. The summed E-state index contributed by atoms with van der Waals surface area (Å²) in [4.78, 5) is 48.7. The van der Waals surface area contributed by atoms with Gasteiger partial charge in [-0.05, 0) is 49.9 Å². The Kier molecular flexibility index (Phi) is 7.03. The Bertz CT molecular complexity index is 1390. The minimum Gasteiger partial charge on any atom is -0.447 e. The third-order valence-corrected chi connectivity index (χ3v) is 6.83. The first kappa shape index (κ1) is 24.7. The van der Waals surface area contributed by atoms with Gasteiger partial charge in [-0.15, -0.1) is 0 Å². The zero-order chi connectivity index (χ0) is 25.9. The van der Waals surface area contributed by atoms with Crippen LogP contribution in [0.3, 0.4) is 0 Å². The summed E-state index contributed by atoms with van der Waals surface area (Å²) in [6, 6.07) is 8.14. The molecule has 12 heteroatoms. The smallest absolute Gasteiger partial charge is 0.294 e. The molecule has 0 unspecified atom stereocenters. The normalized spacial score (nSPS) is 19.9. The maximum absolute atomic E-state index is 13.3. The van der Waals surface area contributed by atoms with E-state index in [0.717, 1.165) is 0 Å². The van der Waals surface area contributed by atoms with E-state index in [1.54, 1.807) is 6.07 Å². The molecule has 1 aliphatic carbocycles. The van der Waals surface area contributed by atoms with E-state index in [-0.39, 0.29) is 64.4 Å². The van der Waals surface area contributed by atoms with Gasteiger partial charge in [0.1, 0.15) is 35.4 Å². The second kappa shape index (κ2) is 10.5. The Labute approximate surface area is 216 Å². The molecule has 0 radical (unpaired) electrons. The third-order valence-electron chi connectivity index (χ3n) is 6.60. The SMILES string of the molecule is N#Cc1ccc2oc(C(=O)Nc3ccc(Cl)cn3)c(NC(=O)[C@H]3CC[C@H](N4CCOCC4=O)CC3)c2n1. The molecule has 190 valence electrons. The highest BCUT2D eigenvalue weighted by Crippen LogP contribution is 2.33. The monoisotopic (exact) mass is 522 g/mol. The van der Waals surface area contributed by atoms with Crippen molar-refractivity contribution in [1.29, 1.82) is 5.26 Å². The number of aromatic nitrogens is 2. The van der Waals surface area contributed by atoms with E-state index in [0.29, 0.717) is 43.9 Å². The molecule has 0 bridgehead atoms.